The van der Waals surface area contributed by atoms with Crippen molar-refractivity contribution in [2.45, 2.75) is 33.7 Å². The zero-order valence-electron chi connectivity index (χ0n) is 14.6. The van der Waals surface area contributed by atoms with Gasteiger partial charge in [0.1, 0.15) is 5.82 Å². The first kappa shape index (κ1) is 16.2. The molecule has 1 N–H and O–H groups in total. The second kappa shape index (κ2) is 6.46. The standard InChI is InChI=1S/C19H27N3O/c1-14-5-7-15(8-6-14)16-11-20-18(21-16)17-12-23-10-9-22(17)13-19(2,3)4/h5-8,11,17H,9-10,12-13H2,1-4H3,(H,20,21)/t17-/m0/s1. The summed E-state index contributed by atoms with van der Waals surface area (Å²) in [7, 11) is 0. The van der Waals surface area contributed by atoms with E-state index in [1.807, 2.05) is 6.20 Å². The largest absolute Gasteiger partial charge is 0.378 e. The monoisotopic (exact) mass is 313 g/mol. The summed E-state index contributed by atoms with van der Waals surface area (Å²) in [6.45, 7) is 12.4. The summed E-state index contributed by atoms with van der Waals surface area (Å²) in [6, 6.07) is 8.74. The molecule has 1 aromatic heterocycles. The zero-order valence-corrected chi connectivity index (χ0v) is 14.6. The Balaban J connectivity index is 1.81. The molecule has 2 heterocycles. The molecule has 0 aliphatic carbocycles. The average Bonchev–Trinajstić information content (AvgIpc) is 2.96. The molecule has 1 saturated heterocycles. The second-order valence-corrected chi connectivity index (χ2v) is 7.67. The third-order valence-corrected chi connectivity index (χ3v) is 4.19. The highest BCUT2D eigenvalue weighted by atomic mass is 16.5. The maximum absolute atomic E-state index is 5.71. The molecule has 1 aromatic carbocycles. The fourth-order valence-electron chi connectivity index (χ4n) is 3.07. The minimum Gasteiger partial charge on any atom is -0.378 e. The quantitative estimate of drug-likeness (QED) is 0.937. The summed E-state index contributed by atoms with van der Waals surface area (Å²) < 4.78 is 5.71. The Morgan fingerprint density at radius 3 is 2.70 bits per heavy atom. The maximum atomic E-state index is 5.71. The van der Waals surface area contributed by atoms with Gasteiger partial charge in [0.25, 0.3) is 0 Å². The van der Waals surface area contributed by atoms with E-state index in [-0.39, 0.29) is 11.5 Å². The van der Waals surface area contributed by atoms with Crippen LogP contribution in [0.15, 0.2) is 30.5 Å². The van der Waals surface area contributed by atoms with Crippen LogP contribution in [0.4, 0.5) is 0 Å². The molecule has 0 amide bonds. The summed E-state index contributed by atoms with van der Waals surface area (Å²) in [6.07, 6.45) is 1.93. The molecule has 3 rings (SSSR count). The van der Waals surface area contributed by atoms with Crippen molar-refractivity contribution in [2.75, 3.05) is 26.3 Å². The highest BCUT2D eigenvalue weighted by Gasteiger charge is 2.29. The summed E-state index contributed by atoms with van der Waals surface area (Å²) in [5, 5.41) is 0. The molecule has 23 heavy (non-hydrogen) atoms. The Morgan fingerprint density at radius 2 is 2.00 bits per heavy atom. The molecule has 1 aliphatic heterocycles. The molecule has 0 saturated carbocycles. The molecule has 0 bridgehead atoms. The number of benzene rings is 1. The van der Waals surface area contributed by atoms with E-state index >= 15 is 0 Å². The van der Waals surface area contributed by atoms with E-state index in [2.05, 4.69) is 66.8 Å². The van der Waals surface area contributed by atoms with Crippen LogP contribution < -0.4 is 0 Å². The lowest BCUT2D eigenvalue weighted by molar-refractivity contribution is -0.0246. The van der Waals surface area contributed by atoms with Crippen LogP contribution in [0.2, 0.25) is 0 Å². The number of hydrogen-bond acceptors (Lipinski definition) is 3. The number of aromatic amines is 1. The molecule has 0 spiro atoms. The van der Waals surface area contributed by atoms with Crippen molar-refractivity contribution in [3.63, 3.8) is 0 Å². The smallest absolute Gasteiger partial charge is 0.126 e. The van der Waals surface area contributed by atoms with Gasteiger partial charge in [0.2, 0.25) is 0 Å². The van der Waals surface area contributed by atoms with E-state index in [4.69, 9.17) is 4.74 Å². The van der Waals surface area contributed by atoms with E-state index in [1.54, 1.807) is 0 Å². The van der Waals surface area contributed by atoms with Gasteiger partial charge in [-0.05, 0) is 17.9 Å². The topological polar surface area (TPSA) is 41.1 Å². The van der Waals surface area contributed by atoms with Crippen molar-refractivity contribution in [1.29, 1.82) is 0 Å². The van der Waals surface area contributed by atoms with Gasteiger partial charge < -0.3 is 9.72 Å². The Kier molecular flexibility index (Phi) is 4.55. The van der Waals surface area contributed by atoms with Crippen LogP contribution in [0.25, 0.3) is 11.3 Å². The van der Waals surface area contributed by atoms with Gasteiger partial charge >= 0.3 is 0 Å². The van der Waals surface area contributed by atoms with Crippen molar-refractivity contribution < 1.29 is 4.74 Å². The van der Waals surface area contributed by atoms with Gasteiger partial charge in [-0.3, -0.25) is 4.90 Å². The van der Waals surface area contributed by atoms with Crippen molar-refractivity contribution in [3.05, 3.63) is 41.9 Å². The number of aryl methyl sites for hydroxylation is 1. The van der Waals surface area contributed by atoms with Crippen LogP contribution in [0.1, 0.15) is 38.2 Å². The fraction of sp³-hybridized carbons (Fsp3) is 0.526. The third kappa shape index (κ3) is 4.01. The third-order valence-electron chi connectivity index (χ3n) is 4.19. The molecule has 1 aliphatic rings. The summed E-state index contributed by atoms with van der Waals surface area (Å²) in [5.41, 5.74) is 3.78. The van der Waals surface area contributed by atoms with Gasteiger partial charge in [-0.2, -0.15) is 0 Å². The molecule has 0 radical (unpaired) electrons. The average molecular weight is 313 g/mol. The van der Waals surface area contributed by atoms with Crippen LogP contribution in [-0.2, 0) is 4.74 Å². The lowest BCUT2D eigenvalue weighted by Crippen LogP contribution is -2.44. The number of morpholine rings is 1. The number of rotatable bonds is 3. The van der Waals surface area contributed by atoms with Crippen molar-refractivity contribution in [1.82, 2.24) is 14.9 Å². The Morgan fingerprint density at radius 1 is 1.26 bits per heavy atom. The van der Waals surface area contributed by atoms with Gasteiger partial charge in [0.15, 0.2) is 0 Å². The van der Waals surface area contributed by atoms with Crippen LogP contribution in [-0.4, -0.2) is 41.2 Å². The fourth-order valence-corrected chi connectivity index (χ4v) is 3.07. The van der Waals surface area contributed by atoms with E-state index in [0.717, 1.165) is 31.2 Å². The lowest BCUT2D eigenvalue weighted by atomic mass is 9.95. The molecule has 1 atom stereocenters. The molecule has 4 heteroatoms. The Labute approximate surface area is 138 Å². The van der Waals surface area contributed by atoms with E-state index in [1.165, 1.54) is 11.1 Å². The lowest BCUT2D eigenvalue weighted by Gasteiger charge is -2.38. The number of nitrogens with zero attached hydrogens (tertiary/aromatic N) is 2. The van der Waals surface area contributed by atoms with Gasteiger partial charge in [-0.1, -0.05) is 50.6 Å². The van der Waals surface area contributed by atoms with Crippen LogP contribution in [0, 0.1) is 12.3 Å². The highest BCUT2D eigenvalue weighted by Crippen LogP contribution is 2.28. The van der Waals surface area contributed by atoms with E-state index in [9.17, 15) is 0 Å². The number of hydrogen-bond donors (Lipinski definition) is 1. The predicted octanol–water partition coefficient (Wildman–Crippen LogP) is 3.80. The van der Waals surface area contributed by atoms with Crippen molar-refractivity contribution in [2.24, 2.45) is 5.41 Å². The van der Waals surface area contributed by atoms with Gasteiger partial charge in [0, 0.05) is 13.1 Å². The SMILES string of the molecule is Cc1ccc(-c2cnc([C@@H]3COCCN3CC(C)(C)C)[nH]2)cc1. The highest BCUT2D eigenvalue weighted by molar-refractivity contribution is 5.58. The second-order valence-electron chi connectivity index (χ2n) is 7.67. The number of aromatic nitrogens is 2. The molecule has 2 aromatic rings. The Hall–Kier alpha value is -1.65. The van der Waals surface area contributed by atoms with Gasteiger partial charge in [-0.25, -0.2) is 4.98 Å². The number of H-pyrrole nitrogens is 1. The number of imidazole rings is 1. The van der Waals surface area contributed by atoms with E-state index < -0.39 is 0 Å². The Bertz CT molecular complexity index is 639. The zero-order chi connectivity index (χ0) is 16.4. The molecule has 1 fully saturated rings. The molecular formula is C19H27N3O. The van der Waals surface area contributed by atoms with E-state index in [0.29, 0.717) is 6.61 Å². The number of ether oxygens (including phenoxy) is 1. The normalized spacial score (nSPS) is 19.9. The molecular weight excluding hydrogens is 286 g/mol. The first-order valence-corrected chi connectivity index (χ1v) is 8.36. The summed E-state index contributed by atoms with van der Waals surface area (Å²) in [4.78, 5) is 10.6. The first-order valence-electron chi connectivity index (χ1n) is 8.36. The van der Waals surface area contributed by atoms with Crippen molar-refractivity contribution >= 4 is 0 Å². The van der Waals surface area contributed by atoms with Gasteiger partial charge in [-0.15, -0.1) is 0 Å². The summed E-state index contributed by atoms with van der Waals surface area (Å²) >= 11 is 0. The molecule has 4 nitrogen and oxygen atoms in total. The van der Waals surface area contributed by atoms with Crippen molar-refractivity contribution in [3.8, 4) is 11.3 Å². The maximum Gasteiger partial charge on any atom is 0.126 e. The molecule has 0 unspecified atom stereocenters. The van der Waals surface area contributed by atoms with Crippen LogP contribution in [0.3, 0.4) is 0 Å². The predicted molar refractivity (Wildman–Crippen MR) is 93.3 cm³/mol. The minimum absolute atomic E-state index is 0.210. The minimum atomic E-state index is 0.210. The summed E-state index contributed by atoms with van der Waals surface area (Å²) in [5.74, 6) is 1.00. The van der Waals surface area contributed by atoms with Crippen LogP contribution in [0.5, 0.6) is 0 Å². The number of nitrogens with one attached hydrogen (secondary N) is 1. The first-order chi connectivity index (χ1) is 10.9. The van der Waals surface area contributed by atoms with Crippen LogP contribution >= 0.6 is 0 Å². The van der Waals surface area contributed by atoms with Gasteiger partial charge in [0.05, 0.1) is 31.1 Å². The molecule has 124 valence electrons.